The van der Waals surface area contributed by atoms with E-state index in [1.54, 1.807) is 0 Å². The lowest BCUT2D eigenvalue weighted by Crippen LogP contribution is -1.93. The Morgan fingerprint density at radius 2 is 0.611 bits per heavy atom. The molecule has 0 heteroatoms. The minimum Gasteiger partial charge on any atom is -0.0616 e. The van der Waals surface area contributed by atoms with E-state index in [1.807, 2.05) is 0 Å². The molecular weight excluding hydrogens is 649 g/mol. The van der Waals surface area contributed by atoms with E-state index in [-0.39, 0.29) is 0 Å². The average Bonchev–Trinajstić information content (AvgIpc) is 3.25. The molecule has 0 aliphatic heterocycles. The summed E-state index contributed by atoms with van der Waals surface area (Å²) >= 11 is 0. The van der Waals surface area contributed by atoms with Gasteiger partial charge < -0.3 is 0 Å². The Bertz CT molecular complexity index is 3270. The van der Waals surface area contributed by atoms with Crippen molar-refractivity contribution in [2.75, 3.05) is 0 Å². The van der Waals surface area contributed by atoms with Gasteiger partial charge in [-0.25, -0.2) is 0 Å². The maximum Gasteiger partial charge on any atom is -0.00141 e. The fourth-order valence-electron chi connectivity index (χ4n) is 8.83. The Labute approximate surface area is 314 Å². The molecule has 54 heavy (non-hydrogen) atoms. The zero-order valence-electron chi connectivity index (χ0n) is 29.6. The molecule has 0 nitrogen and oxygen atoms in total. The van der Waals surface area contributed by atoms with Gasteiger partial charge in [0.25, 0.3) is 0 Å². The fraction of sp³-hybridized carbons (Fsp3) is 0. The van der Waals surface area contributed by atoms with Crippen molar-refractivity contribution < 1.29 is 0 Å². The second-order valence-corrected chi connectivity index (χ2v) is 14.5. The van der Waals surface area contributed by atoms with Crippen LogP contribution in [0.4, 0.5) is 0 Å². The maximum atomic E-state index is 2.39. The number of rotatable bonds is 4. The summed E-state index contributed by atoms with van der Waals surface area (Å²) in [6, 6.07) is 76.2. The van der Waals surface area contributed by atoms with E-state index in [0.29, 0.717) is 0 Å². The lowest BCUT2D eigenvalue weighted by atomic mass is 9.83. The second kappa shape index (κ2) is 12.3. The topological polar surface area (TPSA) is 0 Å². The van der Waals surface area contributed by atoms with Gasteiger partial charge in [0, 0.05) is 0 Å². The van der Waals surface area contributed by atoms with Crippen molar-refractivity contribution in [1.29, 1.82) is 0 Å². The molecule has 0 aliphatic carbocycles. The monoisotopic (exact) mass is 682 g/mol. The molecule has 0 aliphatic rings. The Morgan fingerprint density at radius 1 is 0.185 bits per heavy atom. The first-order chi connectivity index (χ1) is 26.8. The van der Waals surface area contributed by atoms with E-state index in [0.717, 1.165) is 0 Å². The third-order valence-corrected chi connectivity index (χ3v) is 11.4. The molecule has 0 N–H and O–H groups in total. The van der Waals surface area contributed by atoms with Crippen LogP contribution in [0, 0.1) is 0 Å². The summed E-state index contributed by atoms with van der Waals surface area (Å²) in [5.74, 6) is 0. The minimum atomic E-state index is 1.22. The van der Waals surface area contributed by atoms with Gasteiger partial charge in [-0.2, -0.15) is 0 Å². The van der Waals surface area contributed by atoms with E-state index in [2.05, 4.69) is 206 Å². The van der Waals surface area contributed by atoms with Crippen molar-refractivity contribution >= 4 is 64.6 Å². The van der Waals surface area contributed by atoms with Crippen molar-refractivity contribution in [3.63, 3.8) is 0 Å². The molecule has 0 radical (unpaired) electrons. The molecule has 0 saturated carbocycles. The van der Waals surface area contributed by atoms with Crippen molar-refractivity contribution in [1.82, 2.24) is 0 Å². The third kappa shape index (κ3) is 4.92. The predicted octanol–water partition coefficient (Wildman–Crippen LogP) is 15.3. The van der Waals surface area contributed by atoms with Crippen molar-refractivity contribution in [2.45, 2.75) is 0 Å². The molecule has 250 valence electrons. The quantitative estimate of drug-likeness (QED) is 0.128. The van der Waals surface area contributed by atoms with Crippen LogP contribution in [0.3, 0.4) is 0 Å². The van der Waals surface area contributed by atoms with Crippen LogP contribution >= 0.6 is 0 Å². The van der Waals surface area contributed by atoms with Crippen molar-refractivity contribution in [3.05, 3.63) is 206 Å². The van der Waals surface area contributed by atoms with Crippen LogP contribution in [0.1, 0.15) is 0 Å². The Balaban J connectivity index is 1.14. The van der Waals surface area contributed by atoms with Gasteiger partial charge in [0.05, 0.1) is 0 Å². The lowest BCUT2D eigenvalue weighted by Gasteiger charge is -2.20. The average molecular weight is 683 g/mol. The Morgan fingerprint density at radius 3 is 1.35 bits per heavy atom. The molecule has 0 saturated heterocycles. The second-order valence-electron chi connectivity index (χ2n) is 14.5. The van der Waals surface area contributed by atoms with Gasteiger partial charge in [0.15, 0.2) is 0 Å². The summed E-state index contributed by atoms with van der Waals surface area (Å²) in [6.07, 6.45) is 0. The fourth-order valence-corrected chi connectivity index (χ4v) is 8.83. The smallest absolute Gasteiger partial charge is 0.00141 e. The minimum absolute atomic E-state index is 1.22. The van der Waals surface area contributed by atoms with E-state index >= 15 is 0 Å². The maximum absolute atomic E-state index is 2.39. The van der Waals surface area contributed by atoms with Gasteiger partial charge >= 0.3 is 0 Å². The van der Waals surface area contributed by atoms with Crippen LogP contribution in [0.5, 0.6) is 0 Å². The van der Waals surface area contributed by atoms with Crippen LogP contribution in [-0.4, -0.2) is 0 Å². The summed E-state index contributed by atoms with van der Waals surface area (Å²) in [6.45, 7) is 0. The highest BCUT2D eigenvalue weighted by Crippen LogP contribution is 2.47. The van der Waals surface area contributed by atoms with Gasteiger partial charge in [0.1, 0.15) is 0 Å². The molecule has 11 aromatic rings. The van der Waals surface area contributed by atoms with Gasteiger partial charge in [-0.15, -0.1) is 0 Å². The SMILES string of the molecule is c1cc(-c2ccc3c(ccc4ccccc43)c2)cc(-c2c3ccccc3c(-c3cccc(-c4ccc5ccccc5c4)c3)c3c2ccc2ccccc23)c1. The molecule has 0 fully saturated rings. The number of fused-ring (bicyclic) bond motifs is 8. The number of hydrogen-bond acceptors (Lipinski definition) is 0. The molecular formula is C54H34. The standard InChI is InChI=1S/C54H34/c1-2-14-38-31-41(25-23-35(38)11-1)40-16-10-18-45(34-40)53-50-22-8-7-21-49(50)52(51-30-27-37-13-4-6-20-48(37)54(51)53)44-17-9-15-39(33-44)42-28-29-47-43(32-42)26-24-36-12-3-5-19-46(36)47/h1-34H. The predicted molar refractivity (Wildman–Crippen MR) is 233 cm³/mol. The van der Waals surface area contributed by atoms with Gasteiger partial charge in [-0.05, 0) is 133 Å². The van der Waals surface area contributed by atoms with Crippen LogP contribution in [0.15, 0.2) is 206 Å². The van der Waals surface area contributed by atoms with E-state index in [1.165, 1.54) is 109 Å². The highest BCUT2D eigenvalue weighted by atomic mass is 14.2. The van der Waals surface area contributed by atoms with E-state index in [4.69, 9.17) is 0 Å². The summed E-state index contributed by atoms with van der Waals surface area (Å²) in [7, 11) is 0. The molecule has 0 spiro atoms. The summed E-state index contributed by atoms with van der Waals surface area (Å²) in [5, 5.41) is 15.2. The van der Waals surface area contributed by atoms with Crippen LogP contribution in [-0.2, 0) is 0 Å². The molecule has 11 rings (SSSR count). The third-order valence-electron chi connectivity index (χ3n) is 11.4. The van der Waals surface area contributed by atoms with E-state index < -0.39 is 0 Å². The zero-order valence-corrected chi connectivity index (χ0v) is 29.6. The van der Waals surface area contributed by atoms with Crippen molar-refractivity contribution in [3.8, 4) is 44.5 Å². The van der Waals surface area contributed by atoms with Crippen molar-refractivity contribution in [2.24, 2.45) is 0 Å². The molecule has 0 amide bonds. The first-order valence-corrected chi connectivity index (χ1v) is 18.7. The van der Waals surface area contributed by atoms with Gasteiger partial charge in [-0.1, -0.05) is 182 Å². The Kier molecular flexibility index (Phi) is 6.97. The molecule has 0 bridgehead atoms. The Hall–Kier alpha value is -7.02. The summed E-state index contributed by atoms with van der Waals surface area (Å²) in [5.41, 5.74) is 9.88. The highest BCUT2D eigenvalue weighted by Gasteiger charge is 2.19. The molecule has 0 atom stereocenters. The zero-order chi connectivity index (χ0) is 35.6. The molecule has 0 aromatic heterocycles. The molecule has 0 heterocycles. The molecule has 11 aromatic carbocycles. The van der Waals surface area contributed by atoms with Crippen LogP contribution in [0.2, 0.25) is 0 Å². The normalized spacial score (nSPS) is 11.7. The van der Waals surface area contributed by atoms with Gasteiger partial charge in [-0.3, -0.25) is 0 Å². The molecule has 0 unspecified atom stereocenters. The number of hydrogen-bond donors (Lipinski definition) is 0. The van der Waals surface area contributed by atoms with E-state index in [9.17, 15) is 0 Å². The van der Waals surface area contributed by atoms with Gasteiger partial charge in [0.2, 0.25) is 0 Å². The first kappa shape index (κ1) is 30.6. The lowest BCUT2D eigenvalue weighted by molar-refractivity contribution is 1.62. The largest absolute Gasteiger partial charge is 0.0616 e. The highest BCUT2D eigenvalue weighted by molar-refractivity contribution is 6.28. The number of benzene rings is 11. The van der Waals surface area contributed by atoms with Crippen LogP contribution in [0.25, 0.3) is 109 Å². The van der Waals surface area contributed by atoms with Crippen LogP contribution < -0.4 is 0 Å². The summed E-state index contributed by atoms with van der Waals surface area (Å²) in [4.78, 5) is 0. The summed E-state index contributed by atoms with van der Waals surface area (Å²) < 4.78 is 0. The first-order valence-electron chi connectivity index (χ1n) is 18.7.